The molecule has 5 nitrogen and oxygen atoms in total. The van der Waals surface area contributed by atoms with E-state index in [-0.39, 0.29) is 11.6 Å². The van der Waals surface area contributed by atoms with Gasteiger partial charge in [-0.15, -0.1) is 0 Å². The van der Waals surface area contributed by atoms with Gasteiger partial charge in [-0.3, -0.25) is 9.79 Å². The number of hydrogen-bond donors (Lipinski definition) is 0. The third-order valence-electron chi connectivity index (χ3n) is 5.30. The Labute approximate surface area is 143 Å². The van der Waals surface area contributed by atoms with Crippen molar-refractivity contribution in [2.45, 2.75) is 24.8 Å². The highest BCUT2D eigenvalue weighted by atomic mass is 16.2. The van der Waals surface area contributed by atoms with Crippen molar-refractivity contribution in [3.05, 3.63) is 35.9 Å². The van der Waals surface area contributed by atoms with Gasteiger partial charge in [0.25, 0.3) is 0 Å². The lowest BCUT2D eigenvalue weighted by atomic mass is 9.88. The van der Waals surface area contributed by atoms with Crippen LogP contribution in [0.2, 0.25) is 0 Å². The van der Waals surface area contributed by atoms with Crippen LogP contribution in [-0.2, 0) is 11.2 Å². The van der Waals surface area contributed by atoms with Gasteiger partial charge in [0.2, 0.25) is 0 Å². The van der Waals surface area contributed by atoms with Crippen molar-refractivity contribution in [3.63, 3.8) is 0 Å². The number of hydrogen-bond acceptors (Lipinski definition) is 3. The molecular formula is C19H25N3O2. The van der Waals surface area contributed by atoms with Crippen molar-refractivity contribution in [1.29, 1.82) is 0 Å². The van der Waals surface area contributed by atoms with E-state index in [1.54, 1.807) is 19.0 Å². The number of rotatable bonds is 4. The van der Waals surface area contributed by atoms with E-state index in [0.29, 0.717) is 11.8 Å². The van der Waals surface area contributed by atoms with Gasteiger partial charge < -0.3 is 9.80 Å². The minimum absolute atomic E-state index is 0.0921. The zero-order valence-corrected chi connectivity index (χ0v) is 14.4. The van der Waals surface area contributed by atoms with Crippen molar-refractivity contribution in [2.75, 3.05) is 27.2 Å². The van der Waals surface area contributed by atoms with Crippen molar-refractivity contribution in [3.8, 4) is 0 Å². The molecule has 2 amide bonds. The third-order valence-corrected chi connectivity index (χ3v) is 5.30. The number of amides is 2. The maximum Gasteiger partial charge on any atom is 0.319 e. The van der Waals surface area contributed by atoms with E-state index in [1.807, 2.05) is 23.1 Å². The number of aldehydes is 1. The summed E-state index contributed by atoms with van der Waals surface area (Å²) in [6, 6.07) is 10.4. The van der Waals surface area contributed by atoms with Crippen LogP contribution in [0.25, 0.3) is 0 Å². The molecule has 1 heterocycles. The first kappa shape index (κ1) is 16.7. The molecule has 3 atom stereocenters. The first-order valence-corrected chi connectivity index (χ1v) is 8.52. The Morgan fingerprint density at radius 2 is 1.88 bits per heavy atom. The number of aliphatic imine (C=N–C) groups is 1. The van der Waals surface area contributed by atoms with E-state index in [4.69, 9.17) is 0 Å². The first-order valence-electron chi connectivity index (χ1n) is 8.52. The van der Waals surface area contributed by atoms with Crippen LogP contribution in [0.3, 0.4) is 0 Å². The van der Waals surface area contributed by atoms with E-state index in [9.17, 15) is 9.59 Å². The molecule has 1 aliphatic heterocycles. The van der Waals surface area contributed by atoms with Gasteiger partial charge in [-0.05, 0) is 36.7 Å². The highest BCUT2D eigenvalue weighted by Gasteiger charge is 2.49. The molecule has 0 unspecified atom stereocenters. The molecule has 0 radical (unpaired) electrons. The summed E-state index contributed by atoms with van der Waals surface area (Å²) >= 11 is 0. The van der Waals surface area contributed by atoms with Crippen molar-refractivity contribution in [1.82, 2.24) is 9.80 Å². The van der Waals surface area contributed by atoms with Gasteiger partial charge in [-0.1, -0.05) is 30.3 Å². The molecule has 5 heteroatoms. The Bertz CT molecular complexity index is 613. The SMILES string of the molecule is CN(C)C(=O)N1C[C@@H]2C[C@](Cc3ccccc3)(N=CC=O)C[C@@H]2C1. The molecule has 128 valence electrons. The Kier molecular flexibility index (Phi) is 4.69. The molecule has 1 saturated carbocycles. The van der Waals surface area contributed by atoms with Gasteiger partial charge in [-0.25, -0.2) is 4.79 Å². The molecule has 1 aromatic carbocycles. The third kappa shape index (κ3) is 3.35. The minimum Gasteiger partial charge on any atom is -0.331 e. The predicted octanol–water partition coefficient (Wildman–Crippen LogP) is 2.26. The standard InChI is InChI=1S/C19H25N3O2/c1-21(2)18(24)22-13-16-11-19(20-8-9-23,12-17(16)14-22)10-15-6-4-3-5-7-15/h3-9,16-17H,10-14H2,1-2H3/t16-,17+,19-. The molecule has 24 heavy (non-hydrogen) atoms. The topological polar surface area (TPSA) is 53.0 Å². The Morgan fingerprint density at radius 3 is 2.42 bits per heavy atom. The Morgan fingerprint density at radius 1 is 1.25 bits per heavy atom. The van der Waals surface area contributed by atoms with Crippen LogP contribution in [0.5, 0.6) is 0 Å². The van der Waals surface area contributed by atoms with Gasteiger partial charge in [0.05, 0.1) is 11.8 Å². The smallest absolute Gasteiger partial charge is 0.319 e. The summed E-state index contributed by atoms with van der Waals surface area (Å²) in [5, 5.41) is 0. The van der Waals surface area contributed by atoms with Crippen LogP contribution in [0, 0.1) is 11.8 Å². The summed E-state index contributed by atoms with van der Waals surface area (Å²) in [5.74, 6) is 0.947. The van der Waals surface area contributed by atoms with Crippen molar-refractivity contribution >= 4 is 18.5 Å². The molecule has 1 saturated heterocycles. The molecule has 0 aromatic heterocycles. The zero-order chi connectivity index (χ0) is 17.2. The van der Waals surface area contributed by atoms with Crippen LogP contribution < -0.4 is 0 Å². The number of benzene rings is 1. The number of urea groups is 1. The summed E-state index contributed by atoms with van der Waals surface area (Å²) in [6.45, 7) is 1.60. The molecule has 0 N–H and O–H groups in total. The Hall–Kier alpha value is -2.17. The predicted molar refractivity (Wildman–Crippen MR) is 94.3 cm³/mol. The van der Waals surface area contributed by atoms with E-state index >= 15 is 0 Å². The molecule has 2 fully saturated rings. The van der Waals surface area contributed by atoms with Crippen molar-refractivity contribution < 1.29 is 9.59 Å². The fraction of sp³-hybridized carbons (Fsp3) is 0.526. The fourth-order valence-corrected chi connectivity index (χ4v) is 4.36. The second-order valence-corrected chi connectivity index (χ2v) is 7.31. The molecule has 2 aliphatic rings. The van der Waals surface area contributed by atoms with Crippen LogP contribution in [0.15, 0.2) is 35.3 Å². The second-order valence-electron chi connectivity index (χ2n) is 7.31. The summed E-state index contributed by atoms with van der Waals surface area (Å²) in [7, 11) is 3.59. The van der Waals surface area contributed by atoms with Gasteiger partial charge in [0.15, 0.2) is 6.29 Å². The van der Waals surface area contributed by atoms with Crippen molar-refractivity contribution in [2.24, 2.45) is 16.8 Å². The van der Waals surface area contributed by atoms with E-state index in [2.05, 4.69) is 17.1 Å². The van der Waals surface area contributed by atoms with Crippen LogP contribution >= 0.6 is 0 Å². The number of likely N-dealkylation sites (tertiary alicyclic amines) is 1. The van der Waals surface area contributed by atoms with Crippen LogP contribution in [-0.4, -0.2) is 61.1 Å². The van der Waals surface area contributed by atoms with Gasteiger partial charge in [0.1, 0.15) is 0 Å². The van der Waals surface area contributed by atoms with E-state index in [1.165, 1.54) is 11.8 Å². The lowest BCUT2D eigenvalue weighted by Gasteiger charge is -2.28. The molecular weight excluding hydrogens is 302 g/mol. The molecule has 3 rings (SSSR count). The van der Waals surface area contributed by atoms with E-state index in [0.717, 1.165) is 38.6 Å². The molecule has 1 aliphatic carbocycles. The van der Waals surface area contributed by atoms with Crippen LogP contribution in [0.4, 0.5) is 4.79 Å². The quantitative estimate of drug-likeness (QED) is 0.629. The number of nitrogens with zero attached hydrogens (tertiary/aromatic N) is 3. The molecule has 1 aromatic rings. The fourth-order valence-electron chi connectivity index (χ4n) is 4.36. The monoisotopic (exact) mass is 327 g/mol. The summed E-state index contributed by atoms with van der Waals surface area (Å²) in [5.41, 5.74) is 1.05. The number of carbonyl (C=O) groups excluding carboxylic acids is 2. The zero-order valence-electron chi connectivity index (χ0n) is 14.4. The maximum atomic E-state index is 12.2. The maximum absolute atomic E-state index is 12.2. The number of carbonyl (C=O) groups is 2. The average Bonchev–Trinajstić information content (AvgIpc) is 3.09. The summed E-state index contributed by atoms with van der Waals surface area (Å²) in [4.78, 5) is 31.2. The minimum atomic E-state index is -0.204. The highest BCUT2D eigenvalue weighted by molar-refractivity contribution is 6.13. The van der Waals surface area contributed by atoms with Gasteiger partial charge >= 0.3 is 6.03 Å². The lowest BCUT2D eigenvalue weighted by Crippen LogP contribution is -2.39. The Balaban J connectivity index is 1.74. The van der Waals surface area contributed by atoms with Gasteiger partial charge in [-0.2, -0.15) is 0 Å². The average molecular weight is 327 g/mol. The van der Waals surface area contributed by atoms with Gasteiger partial charge in [0, 0.05) is 27.2 Å². The lowest BCUT2D eigenvalue weighted by molar-refractivity contribution is -0.102. The second kappa shape index (κ2) is 6.75. The first-order chi connectivity index (χ1) is 11.5. The highest BCUT2D eigenvalue weighted by Crippen LogP contribution is 2.47. The van der Waals surface area contributed by atoms with E-state index < -0.39 is 0 Å². The normalized spacial score (nSPS) is 29.0. The largest absolute Gasteiger partial charge is 0.331 e. The molecule has 0 spiro atoms. The van der Waals surface area contributed by atoms with Crippen LogP contribution in [0.1, 0.15) is 18.4 Å². The summed E-state index contributed by atoms with van der Waals surface area (Å²) < 4.78 is 0. The summed E-state index contributed by atoms with van der Waals surface area (Å²) in [6.07, 6.45) is 4.91. The molecule has 0 bridgehead atoms. The number of fused-ring (bicyclic) bond motifs is 1.